The Morgan fingerprint density at radius 3 is 3.00 bits per heavy atom. The van der Waals surface area contributed by atoms with E-state index in [0.717, 1.165) is 30.3 Å². The summed E-state index contributed by atoms with van der Waals surface area (Å²) in [6, 6.07) is 2.62. The highest BCUT2D eigenvalue weighted by Crippen LogP contribution is 2.27. The number of aryl methyl sites for hydroxylation is 1. The second-order valence-corrected chi connectivity index (χ2v) is 5.93. The number of hydrogen-bond donors (Lipinski definition) is 1. The van der Waals surface area contributed by atoms with E-state index in [0.29, 0.717) is 12.6 Å². The van der Waals surface area contributed by atoms with E-state index >= 15 is 0 Å². The van der Waals surface area contributed by atoms with Crippen LogP contribution in [0.4, 0.5) is 11.6 Å². The van der Waals surface area contributed by atoms with Gasteiger partial charge in [-0.2, -0.15) is 5.10 Å². The van der Waals surface area contributed by atoms with E-state index in [1.807, 2.05) is 25.5 Å². The second-order valence-electron chi connectivity index (χ2n) is 5.93. The van der Waals surface area contributed by atoms with Crippen LogP contribution in [0.1, 0.15) is 24.5 Å². The summed E-state index contributed by atoms with van der Waals surface area (Å²) < 4.78 is 7.69. The first kappa shape index (κ1) is 13.5. The van der Waals surface area contributed by atoms with Crippen molar-refractivity contribution in [2.24, 2.45) is 7.05 Å². The van der Waals surface area contributed by atoms with Gasteiger partial charge in [-0.25, -0.2) is 9.97 Å². The number of anilines is 2. The average Bonchev–Trinajstić information content (AvgIpc) is 3.25. The molecule has 2 aromatic heterocycles. The van der Waals surface area contributed by atoms with Crippen molar-refractivity contribution >= 4 is 11.6 Å². The molecule has 1 atom stereocenters. The van der Waals surface area contributed by atoms with Gasteiger partial charge < -0.3 is 15.0 Å². The van der Waals surface area contributed by atoms with E-state index in [-0.39, 0.29) is 6.10 Å². The Bertz CT molecular complexity index is 653. The van der Waals surface area contributed by atoms with E-state index in [1.54, 1.807) is 11.0 Å². The molecule has 3 heterocycles. The van der Waals surface area contributed by atoms with E-state index in [1.165, 1.54) is 12.8 Å². The molecule has 4 rings (SSSR count). The third-order valence-electron chi connectivity index (χ3n) is 4.07. The SMILES string of the molecule is Cn1cc(C2CN(c3cc(NC4CC4)ncn3)CCO2)cn1. The Hall–Kier alpha value is -2.15. The summed E-state index contributed by atoms with van der Waals surface area (Å²) in [5.74, 6) is 1.87. The van der Waals surface area contributed by atoms with E-state index in [2.05, 4.69) is 25.3 Å². The minimum Gasteiger partial charge on any atom is -0.370 e. The highest BCUT2D eigenvalue weighted by molar-refractivity contribution is 5.49. The number of hydrogen-bond acceptors (Lipinski definition) is 6. The van der Waals surface area contributed by atoms with Crippen LogP contribution < -0.4 is 10.2 Å². The van der Waals surface area contributed by atoms with Crippen LogP contribution in [0.5, 0.6) is 0 Å². The normalized spacial score (nSPS) is 21.9. The largest absolute Gasteiger partial charge is 0.370 e. The summed E-state index contributed by atoms with van der Waals surface area (Å²) in [7, 11) is 1.92. The van der Waals surface area contributed by atoms with E-state index in [4.69, 9.17) is 4.74 Å². The molecule has 0 spiro atoms. The van der Waals surface area contributed by atoms with Crippen molar-refractivity contribution in [1.29, 1.82) is 0 Å². The Morgan fingerprint density at radius 2 is 2.23 bits per heavy atom. The van der Waals surface area contributed by atoms with Crippen LogP contribution in [0.2, 0.25) is 0 Å². The fourth-order valence-corrected chi connectivity index (χ4v) is 2.70. The molecule has 2 aliphatic rings. The van der Waals surface area contributed by atoms with Crippen molar-refractivity contribution in [3.63, 3.8) is 0 Å². The first-order chi connectivity index (χ1) is 10.8. The average molecular weight is 300 g/mol. The number of aromatic nitrogens is 4. The Balaban J connectivity index is 1.49. The van der Waals surface area contributed by atoms with Gasteiger partial charge in [0.2, 0.25) is 0 Å². The molecule has 116 valence electrons. The summed E-state index contributed by atoms with van der Waals surface area (Å²) >= 11 is 0. The highest BCUT2D eigenvalue weighted by Gasteiger charge is 2.25. The molecule has 2 fully saturated rings. The zero-order valence-corrected chi connectivity index (χ0v) is 12.6. The van der Waals surface area contributed by atoms with E-state index in [9.17, 15) is 0 Å². The monoisotopic (exact) mass is 300 g/mol. The van der Waals surface area contributed by atoms with Crippen molar-refractivity contribution in [2.45, 2.75) is 25.0 Å². The molecular weight excluding hydrogens is 280 g/mol. The zero-order chi connectivity index (χ0) is 14.9. The molecule has 2 aromatic rings. The standard InChI is InChI=1S/C15H20N6O/c1-20-8-11(7-18-20)13-9-21(4-5-22-13)15-6-14(16-10-17-15)19-12-2-3-12/h6-8,10,12-13H,2-5,9H2,1H3,(H,16,17,19). The summed E-state index contributed by atoms with van der Waals surface area (Å²) in [6.07, 6.45) is 8.02. The molecule has 22 heavy (non-hydrogen) atoms. The van der Waals surface area contributed by atoms with Crippen LogP contribution in [-0.4, -0.2) is 45.5 Å². The van der Waals surface area contributed by atoms with E-state index < -0.39 is 0 Å². The molecule has 1 aliphatic heterocycles. The Labute approximate surface area is 129 Å². The Kier molecular flexibility index (Phi) is 3.42. The van der Waals surface area contributed by atoms with Gasteiger partial charge in [-0.05, 0) is 12.8 Å². The summed E-state index contributed by atoms with van der Waals surface area (Å²) in [5, 5.41) is 7.65. The van der Waals surface area contributed by atoms with Gasteiger partial charge >= 0.3 is 0 Å². The lowest BCUT2D eigenvalue weighted by Gasteiger charge is -2.33. The highest BCUT2D eigenvalue weighted by atomic mass is 16.5. The van der Waals surface area contributed by atoms with Gasteiger partial charge in [0, 0.05) is 44.0 Å². The molecule has 0 bridgehead atoms. The van der Waals surface area contributed by atoms with Crippen LogP contribution in [0, 0.1) is 0 Å². The van der Waals surface area contributed by atoms with Crippen molar-refractivity contribution < 1.29 is 4.74 Å². The molecule has 1 aliphatic carbocycles. The van der Waals surface area contributed by atoms with Crippen molar-refractivity contribution in [2.75, 3.05) is 29.9 Å². The molecule has 1 unspecified atom stereocenters. The number of morpholine rings is 1. The summed E-state index contributed by atoms with van der Waals surface area (Å²) in [5.41, 5.74) is 1.11. The van der Waals surface area contributed by atoms with Crippen LogP contribution >= 0.6 is 0 Å². The predicted molar refractivity (Wildman–Crippen MR) is 82.8 cm³/mol. The minimum absolute atomic E-state index is 0.0391. The van der Waals surface area contributed by atoms with Gasteiger partial charge in [0.1, 0.15) is 24.1 Å². The smallest absolute Gasteiger partial charge is 0.134 e. The molecule has 1 saturated heterocycles. The third-order valence-corrected chi connectivity index (χ3v) is 4.07. The molecule has 1 N–H and O–H groups in total. The zero-order valence-electron chi connectivity index (χ0n) is 12.6. The number of nitrogens with one attached hydrogen (secondary N) is 1. The van der Waals surface area contributed by atoms with Gasteiger partial charge in [-0.3, -0.25) is 4.68 Å². The van der Waals surface area contributed by atoms with Gasteiger partial charge in [0.15, 0.2) is 0 Å². The minimum atomic E-state index is 0.0391. The van der Waals surface area contributed by atoms with Crippen molar-refractivity contribution in [3.05, 3.63) is 30.4 Å². The molecule has 7 heteroatoms. The topological polar surface area (TPSA) is 68.1 Å². The lowest BCUT2D eigenvalue weighted by Crippen LogP contribution is -2.38. The maximum absolute atomic E-state index is 5.88. The third kappa shape index (κ3) is 2.89. The van der Waals surface area contributed by atoms with Gasteiger partial charge in [-0.15, -0.1) is 0 Å². The lowest BCUT2D eigenvalue weighted by molar-refractivity contribution is 0.0395. The van der Waals surface area contributed by atoms with Gasteiger partial charge in [0.05, 0.1) is 12.8 Å². The molecular formula is C15H20N6O. The molecule has 0 radical (unpaired) electrons. The first-order valence-electron chi connectivity index (χ1n) is 7.71. The predicted octanol–water partition coefficient (Wildman–Crippen LogP) is 1.36. The molecule has 7 nitrogen and oxygen atoms in total. The maximum atomic E-state index is 5.88. The molecule has 1 saturated carbocycles. The van der Waals surface area contributed by atoms with Gasteiger partial charge in [0.25, 0.3) is 0 Å². The maximum Gasteiger partial charge on any atom is 0.134 e. The quantitative estimate of drug-likeness (QED) is 0.919. The van der Waals surface area contributed by atoms with Crippen LogP contribution in [0.15, 0.2) is 24.8 Å². The first-order valence-corrected chi connectivity index (χ1v) is 7.71. The Morgan fingerprint density at radius 1 is 1.32 bits per heavy atom. The molecule has 0 amide bonds. The van der Waals surface area contributed by atoms with Crippen LogP contribution in [0.25, 0.3) is 0 Å². The summed E-state index contributed by atoms with van der Waals surface area (Å²) in [6.45, 7) is 2.32. The fraction of sp³-hybridized carbons (Fsp3) is 0.533. The number of rotatable bonds is 4. The number of ether oxygens (including phenoxy) is 1. The second kappa shape index (κ2) is 5.57. The van der Waals surface area contributed by atoms with Gasteiger partial charge in [-0.1, -0.05) is 0 Å². The van der Waals surface area contributed by atoms with Crippen molar-refractivity contribution in [3.8, 4) is 0 Å². The fourth-order valence-electron chi connectivity index (χ4n) is 2.70. The number of nitrogens with zero attached hydrogens (tertiary/aromatic N) is 5. The molecule has 0 aromatic carbocycles. The van der Waals surface area contributed by atoms with Crippen LogP contribution in [-0.2, 0) is 11.8 Å². The van der Waals surface area contributed by atoms with Crippen LogP contribution in [0.3, 0.4) is 0 Å². The van der Waals surface area contributed by atoms with Crippen molar-refractivity contribution in [1.82, 2.24) is 19.7 Å². The summed E-state index contributed by atoms with van der Waals surface area (Å²) in [4.78, 5) is 11.0. The lowest BCUT2D eigenvalue weighted by atomic mass is 10.1.